The molecule has 29 heavy (non-hydrogen) atoms. The van der Waals surface area contributed by atoms with Crippen LogP contribution in [-0.2, 0) is 11.2 Å². The molecule has 150 valence electrons. The third kappa shape index (κ3) is 3.16. The summed E-state index contributed by atoms with van der Waals surface area (Å²) in [6, 6.07) is 13.4. The highest BCUT2D eigenvalue weighted by Crippen LogP contribution is 2.59. The molecule has 0 radical (unpaired) electrons. The molecule has 0 aliphatic heterocycles. The van der Waals surface area contributed by atoms with Crippen LogP contribution in [0.25, 0.3) is 0 Å². The number of fused-ring (bicyclic) bond motifs is 5. The van der Waals surface area contributed by atoms with Gasteiger partial charge in [0.25, 0.3) is 0 Å². The van der Waals surface area contributed by atoms with E-state index in [0.29, 0.717) is 34.8 Å². The Balaban J connectivity index is 1.37. The lowest BCUT2D eigenvalue weighted by molar-refractivity contribution is -0.129. The molecule has 2 aromatic carbocycles. The number of ether oxygens (including phenoxy) is 1. The maximum absolute atomic E-state index is 12.5. The van der Waals surface area contributed by atoms with Crippen LogP contribution >= 0.6 is 15.9 Å². The van der Waals surface area contributed by atoms with Crippen molar-refractivity contribution in [2.24, 2.45) is 17.3 Å². The van der Waals surface area contributed by atoms with Crippen LogP contribution in [0, 0.1) is 17.3 Å². The van der Waals surface area contributed by atoms with E-state index in [1.807, 2.05) is 18.2 Å². The van der Waals surface area contributed by atoms with Gasteiger partial charge in [0.05, 0.1) is 5.56 Å². The van der Waals surface area contributed by atoms with Gasteiger partial charge in [-0.25, -0.2) is 4.79 Å². The van der Waals surface area contributed by atoms with Crippen LogP contribution < -0.4 is 4.74 Å². The molecule has 3 aliphatic rings. The van der Waals surface area contributed by atoms with Gasteiger partial charge in [0, 0.05) is 16.3 Å². The van der Waals surface area contributed by atoms with Gasteiger partial charge in [0.2, 0.25) is 0 Å². The third-order valence-electron chi connectivity index (χ3n) is 7.68. The summed E-state index contributed by atoms with van der Waals surface area (Å²) in [5.74, 6) is 2.46. The fourth-order valence-electron chi connectivity index (χ4n) is 6.17. The van der Waals surface area contributed by atoms with E-state index in [1.165, 1.54) is 11.1 Å². The first kappa shape index (κ1) is 19.0. The van der Waals surface area contributed by atoms with Gasteiger partial charge in [-0.05, 0) is 91.3 Å². The lowest BCUT2D eigenvalue weighted by Gasteiger charge is -2.48. The summed E-state index contributed by atoms with van der Waals surface area (Å²) >= 11 is 3.40. The van der Waals surface area contributed by atoms with Gasteiger partial charge in [-0.15, -0.1) is 0 Å². The number of carbonyl (C=O) groups excluding carboxylic acids is 2. The predicted molar refractivity (Wildman–Crippen MR) is 115 cm³/mol. The van der Waals surface area contributed by atoms with Crippen molar-refractivity contribution < 1.29 is 14.3 Å². The van der Waals surface area contributed by atoms with Gasteiger partial charge in [-0.1, -0.05) is 35.0 Å². The minimum absolute atomic E-state index is 0.0852. The molecule has 2 saturated carbocycles. The third-order valence-corrected chi connectivity index (χ3v) is 8.17. The van der Waals surface area contributed by atoms with Gasteiger partial charge < -0.3 is 4.74 Å². The molecule has 0 N–H and O–H groups in total. The summed E-state index contributed by atoms with van der Waals surface area (Å²) in [4.78, 5) is 25.0. The van der Waals surface area contributed by atoms with Crippen molar-refractivity contribution in [3.63, 3.8) is 0 Å². The van der Waals surface area contributed by atoms with E-state index in [9.17, 15) is 9.59 Å². The molecule has 0 unspecified atom stereocenters. The van der Waals surface area contributed by atoms with E-state index >= 15 is 0 Å². The Kier molecular flexibility index (Phi) is 4.65. The van der Waals surface area contributed by atoms with Crippen LogP contribution in [-0.4, -0.2) is 11.8 Å². The molecule has 0 heterocycles. The van der Waals surface area contributed by atoms with Crippen LogP contribution in [0.15, 0.2) is 46.9 Å². The minimum atomic E-state index is -0.335. The summed E-state index contributed by atoms with van der Waals surface area (Å²) in [6.07, 6.45) is 6.06. The number of Topliss-reactive ketones (excluding diaryl/α,β-unsaturated/α-hetero) is 1. The van der Waals surface area contributed by atoms with Gasteiger partial charge in [-0.2, -0.15) is 0 Å². The number of halogens is 1. The largest absolute Gasteiger partial charge is 0.423 e. The zero-order valence-electron chi connectivity index (χ0n) is 16.6. The van der Waals surface area contributed by atoms with Crippen molar-refractivity contribution in [2.75, 3.05) is 0 Å². The van der Waals surface area contributed by atoms with E-state index in [2.05, 4.69) is 35.0 Å². The second-order valence-electron chi connectivity index (χ2n) is 9.09. The lowest BCUT2D eigenvalue weighted by Crippen LogP contribution is -2.42. The van der Waals surface area contributed by atoms with Crippen molar-refractivity contribution in [3.05, 3.63) is 63.6 Å². The standard InChI is InChI=1S/C25H25BrO3/c1-25-12-11-20-19-8-6-18(29-24(28)16-3-2-4-17(26)13-16)14-15(19)5-7-21(20)22(25)9-10-23(25)27/h2-4,6,8,13-14,20-22H,5,7,9-12H2,1H3/t20-,21-,22+,25+/m1/s1. The van der Waals surface area contributed by atoms with E-state index in [-0.39, 0.29) is 11.4 Å². The molecule has 3 aliphatic carbocycles. The Morgan fingerprint density at radius 3 is 2.79 bits per heavy atom. The summed E-state index contributed by atoms with van der Waals surface area (Å²) < 4.78 is 6.51. The molecule has 2 aromatic rings. The fraction of sp³-hybridized carbons (Fsp3) is 0.440. The number of ketones is 1. The molecule has 2 fully saturated rings. The van der Waals surface area contributed by atoms with E-state index in [4.69, 9.17) is 4.74 Å². The lowest BCUT2D eigenvalue weighted by atomic mass is 9.55. The van der Waals surface area contributed by atoms with Gasteiger partial charge in [-0.3, -0.25) is 4.79 Å². The van der Waals surface area contributed by atoms with Crippen LogP contribution in [0.5, 0.6) is 5.75 Å². The van der Waals surface area contributed by atoms with Crippen LogP contribution in [0.4, 0.5) is 0 Å². The summed E-state index contributed by atoms with van der Waals surface area (Å²) in [6.45, 7) is 2.21. The second kappa shape index (κ2) is 7.09. The van der Waals surface area contributed by atoms with Crippen molar-refractivity contribution in [1.29, 1.82) is 0 Å². The van der Waals surface area contributed by atoms with Gasteiger partial charge in [0.15, 0.2) is 0 Å². The van der Waals surface area contributed by atoms with Gasteiger partial charge in [0.1, 0.15) is 11.5 Å². The monoisotopic (exact) mass is 452 g/mol. The first-order valence-corrected chi connectivity index (χ1v) is 11.4. The Labute approximate surface area is 180 Å². The zero-order valence-corrected chi connectivity index (χ0v) is 18.2. The van der Waals surface area contributed by atoms with E-state index < -0.39 is 0 Å². The molecular weight excluding hydrogens is 428 g/mol. The summed E-state index contributed by atoms with van der Waals surface area (Å²) in [5.41, 5.74) is 3.16. The highest BCUT2D eigenvalue weighted by Gasteiger charge is 2.54. The minimum Gasteiger partial charge on any atom is -0.423 e. The number of benzene rings is 2. The molecule has 0 saturated heterocycles. The van der Waals surface area contributed by atoms with Crippen LogP contribution in [0.3, 0.4) is 0 Å². The predicted octanol–water partition coefficient (Wildman–Crippen LogP) is 6.09. The summed E-state index contributed by atoms with van der Waals surface area (Å²) in [7, 11) is 0. The highest BCUT2D eigenvalue weighted by molar-refractivity contribution is 9.10. The van der Waals surface area contributed by atoms with E-state index in [0.717, 1.165) is 43.0 Å². The van der Waals surface area contributed by atoms with Gasteiger partial charge >= 0.3 is 5.97 Å². The number of aryl methyl sites for hydroxylation is 1. The quantitative estimate of drug-likeness (QED) is 0.408. The van der Waals surface area contributed by atoms with Crippen molar-refractivity contribution in [3.8, 4) is 5.75 Å². The molecule has 4 atom stereocenters. The average Bonchev–Trinajstić information content (AvgIpc) is 3.02. The van der Waals surface area contributed by atoms with Crippen LogP contribution in [0.1, 0.15) is 66.4 Å². The van der Waals surface area contributed by atoms with Crippen LogP contribution in [0.2, 0.25) is 0 Å². The number of esters is 1. The Morgan fingerprint density at radius 2 is 1.97 bits per heavy atom. The molecule has 0 amide bonds. The SMILES string of the molecule is C[C@]12CC[C@@H]3c4ccc(OC(=O)c5cccc(Br)c5)cc4CC[C@H]3[C@@H]1CCC2=O. The molecule has 5 rings (SSSR count). The first-order valence-electron chi connectivity index (χ1n) is 10.6. The smallest absolute Gasteiger partial charge is 0.343 e. The number of hydrogen-bond acceptors (Lipinski definition) is 3. The molecule has 0 aromatic heterocycles. The van der Waals surface area contributed by atoms with E-state index in [1.54, 1.807) is 12.1 Å². The van der Waals surface area contributed by atoms with Crippen molar-refractivity contribution in [2.45, 2.75) is 51.4 Å². The molecule has 4 heteroatoms. The number of carbonyl (C=O) groups is 2. The molecular formula is C25H25BrO3. The fourth-order valence-corrected chi connectivity index (χ4v) is 6.57. The Hall–Kier alpha value is -1.94. The normalized spacial score (nSPS) is 30.3. The Bertz CT molecular complexity index is 997. The summed E-state index contributed by atoms with van der Waals surface area (Å²) in [5, 5.41) is 0. The number of hydrogen-bond donors (Lipinski definition) is 0. The van der Waals surface area contributed by atoms with Crippen molar-refractivity contribution >= 4 is 27.7 Å². The maximum Gasteiger partial charge on any atom is 0.343 e. The maximum atomic E-state index is 12.5. The Morgan fingerprint density at radius 1 is 1.10 bits per heavy atom. The first-order chi connectivity index (χ1) is 14.0. The van der Waals surface area contributed by atoms with Crippen molar-refractivity contribution in [1.82, 2.24) is 0 Å². The average molecular weight is 453 g/mol. The molecule has 0 spiro atoms. The number of rotatable bonds is 2. The topological polar surface area (TPSA) is 43.4 Å². The zero-order chi connectivity index (χ0) is 20.2. The second-order valence-corrected chi connectivity index (χ2v) is 10.0. The molecule has 0 bridgehead atoms. The highest BCUT2D eigenvalue weighted by atomic mass is 79.9. The molecule has 3 nitrogen and oxygen atoms in total.